The van der Waals surface area contributed by atoms with Gasteiger partial charge in [-0.25, -0.2) is 4.98 Å². The minimum absolute atomic E-state index is 0.352. The molecule has 3 aromatic heterocycles. The van der Waals surface area contributed by atoms with E-state index >= 15 is 0 Å². The molecule has 0 atom stereocenters. The van der Waals surface area contributed by atoms with Gasteiger partial charge in [0.15, 0.2) is 5.65 Å². The van der Waals surface area contributed by atoms with Gasteiger partial charge in [0.25, 0.3) is 0 Å². The molecule has 5 nitrogen and oxygen atoms in total. The van der Waals surface area contributed by atoms with Gasteiger partial charge < -0.3 is 4.74 Å². The topological polar surface area (TPSA) is 44.9 Å². The summed E-state index contributed by atoms with van der Waals surface area (Å²) in [5, 5.41) is 6.11. The fraction of sp³-hybridized carbons (Fsp3) is 0.231. The lowest BCUT2D eigenvalue weighted by Crippen LogP contribution is -2.30. The van der Waals surface area contributed by atoms with Crippen molar-refractivity contribution in [1.29, 1.82) is 0 Å². The molecule has 108 valence electrons. The van der Waals surface area contributed by atoms with E-state index in [0.29, 0.717) is 11.1 Å². The molecule has 0 spiro atoms. The molecule has 0 radical (unpaired) electrons. The van der Waals surface area contributed by atoms with Crippen molar-refractivity contribution < 1.29 is 4.74 Å². The lowest BCUT2D eigenvalue weighted by molar-refractivity contribution is -0.0286. The number of rotatable bonds is 3. The van der Waals surface area contributed by atoms with Crippen molar-refractivity contribution in [2.75, 3.05) is 13.2 Å². The van der Waals surface area contributed by atoms with E-state index in [9.17, 15) is 0 Å². The zero-order valence-electron chi connectivity index (χ0n) is 10.7. The van der Waals surface area contributed by atoms with Crippen molar-refractivity contribution in [2.24, 2.45) is 0 Å². The summed E-state index contributed by atoms with van der Waals surface area (Å²) in [4.78, 5) is 4.43. The maximum absolute atomic E-state index is 6.27. The van der Waals surface area contributed by atoms with E-state index in [1.165, 1.54) is 0 Å². The molecule has 0 bridgehead atoms. The van der Waals surface area contributed by atoms with Gasteiger partial charge in [-0.3, -0.25) is 8.65 Å². The summed E-state index contributed by atoms with van der Waals surface area (Å²) in [6.07, 6.45) is 5.66. The van der Waals surface area contributed by atoms with Crippen LogP contribution in [0.1, 0.15) is 6.04 Å². The van der Waals surface area contributed by atoms with Crippen LogP contribution in [0.2, 0.25) is 5.02 Å². The van der Waals surface area contributed by atoms with Gasteiger partial charge in [-0.05, 0) is 12.1 Å². The van der Waals surface area contributed by atoms with Gasteiger partial charge in [0.2, 0.25) is 0 Å². The van der Waals surface area contributed by atoms with E-state index in [4.69, 9.17) is 16.3 Å². The molecule has 3 aromatic rings. The number of aromatic nitrogens is 4. The first kappa shape index (κ1) is 13.9. The van der Waals surface area contributed by atoms with Gasteiger partial charge in [0.05, 0.1) is 36.2 Å². The molecule has 4 heterocycles. The van der Waals surface area contributed by atoms with Gasteiger partial charge in [0, 0.05) is 53.7 Å². The third kappa shape index (κ3) is 2.26. The fourth-order valence-corrected chi connectivity index (χ4v) is 4.20. The Morgan fingerprint density at radius 3 is 3.00 bits per heavy atom. The van der Waals surface area contributed by atoms with Crippen molar-refractivity contribution >= 4 is 53.0 Å². The first-order valence-corrected chi connectivity index (χ1v) is 10.0. The molecule has 0 aromatic carbocycles. The fourth-order valence-electron chi connectivity index (χ4n) is 2.36. The Morgan fingerprint density at radius 2 is 2.29 bits per heavy atom. The van der Waals surface area contributed by atoms with E-state index in [1.54, 1.807) is 15.3 Å². The molecule has 1 aliphatic heterocycles. The summed E-state index contributed by atoms with van der Waals surface area (Å²) < 4.78 is 9.25. The van der Waals surface area contributed by atoms with Crippen LogP contribution in [0.4, 0.5) is 0 Å². The number of halogens is 2. The SMILES string of the molecule is Clc1ccnc2c1cc(-c1cnn(C3COC3)c1)n2SI. The highest BCUT2D eigenvalue weighted by Crippen LogP contribution is 2.36. The van der Waals surface area contributed by atoms with E-state index in [0.717, 1.165) is 35.5 Å². The lowest BCUT2D eigenvalue weighted by Gasteiger charge is -2.25. The Hall–Kier alpha value is -0.770. The molecule has 0 N–H and O–H groups in total. The van der Waals surface area contributed by atoms with Crippen LogP contribution >= 0.6 is 41.9 Å². The van der Waals surface area contributed by atoms with Crippen LogP contribution in [0.5, 0.6) is 0 Å². The highest BCUT2D eigenvalue weighted by atomic mass is 127. The minimum Gasteiger partial charge on any atom is -0.377 e. The van der Waals surface area contributed by atoms with Gasteiger partial charge in [-0.2, -0.15) is 5.10 Å². The van der Waals surface area contributed by atoms with Crippen LogP contribution in [0.15, 0.2) is 30.7 Å². The second kappa shape index (κ2) is 5.45. The molecule has 1 saturated heterocycles. The second-order valence-corrected chi connectivity index (χ2v) is 6.92. The average molecular weight is 433 g/mol. The van der Waals surface area contributed by atoms with E-state index < -0.39 is 0 Å². The standard InChI is InChI=1S/C13H10ClIN4OS/c14-11-1-2-16-13-10(11)3-12(19(13)21-15)8-4-17-18(5-8)9-6-20-7-9/h1-5,9H,6-7H2. The van der Waals surface area contributed by atoms with Crippen LogP contribution in [0.3, 0.4) is 0 Å². The Bertz CT molecular complexity index is 814. The molecule has 1 fully saturated rings. The number of fused-ring (bicyclic) bond motifs is 1. The van der Waals surface area contributed by atoms with Gasteiger partial charge >= 0.3 is 0 Å². The molecular formula is C13H10ClIN4OS. The molecule has 0 unspecified atom stereocenters. The summed E-state index contributed by atoms with van der Waals surface area (Å²) >= 11 is 8.52. The van der Waals surface area contributed by atoms with E-state index in [-0.39, 0.29) is 0 Å². The Morgan fingerprint density at radius 1 is 1.43 bits per heavy atom. The number of ether oxygens (including phenoxy) is 1. The monoisotopic (exact) mass is 432 g/mol. The molecule has 4 rings (SSSR count). The van der Waals surface area contributed by atoms with Crippen LogP contribution in [-0.2, 0) is 4.74 Å². The molecule has 21 heavy (non-hydrogen) atoms. The van der Waals surface area contributed by atoms with Crippen LogP contribution in [0, 0.1) is 0 Å². The number of nitrogens with zero attached hydrogens (tertiary/aromatic N) is 4. The maximum atomic E-state index is 6.27. The first-order valence-electron chi connectivity index (χ1n) is 6.35. The number of pyridine rings is 1. The minimum atomic E-state index is 0.352. The van der Waals surface area contributed by atoms with Gasteiger partial charge in [-0.1, -0.05) is 11.6 Å². The summed E-state index contributed by atoms with van der Waals surface area (Å²) in [5.74, 6) is 0. The van der Waals surface area contributed by atoms with Crippen molar-refractivity contribution in [3.63, 3.8) is 0 Å². The van der Waals surface area contributed by atoms with Crippen LogP contribution < -0.4 is 0 Å². The summed E-state index contributed by atoms with van der Waals surface area (Å²) in [7, 11) is 1.58. The smallest absolute Gasteiger partial charge is 0.152 e. The van der Waals surface area contributed by atoms with Crippen LogP contribution in [0.25, 0.3) is 22.3 Å². The Labute approximate surface area is 142 Å². The highest BCUT2D eigenvalue weighted by molar-refractivity contribution is 14.2. The van der Waals surface area contributed by atoms with Gasteiger partial charge in [0.1, 0.15) is 0 Å². The van der Waals surface area contributed by atoms with Crippen molar-refractivity contribution in [3.8, 4) is 11.3 Å². The Kier molecular flexibility index (Phi) is 3.60. The normalized spacial score (nSPS) is 15.5. The van der Waals surface area contributed by atoms with Crippen molar-refractivity contribution in [1.82, 2.24) is 18.7 Å². The number of hydrogen-bond acceptors (Lipinski definition) is 4. The third-order valence-electron chi connectivity index (χ3n) is 3.57. The Balaban J connectivity index is 1.85. The first-order chi connectivity index (χ1) is 10.3. The van der Waals surface area contributed by atoms with Gasteiger partial charge in [-0.15, -0.1) is 0 Å². The van der Waals surface area contributed by atoms with E-state index in [2.05, 4.69) is 47.5 Å². The van der Waals surface area contributed by atoms with E-state index in [1.807, 2.05) is 16.9 Å². The third-order valence-corrected chi connectivity index (χ3v) is 5.59. The summed E-state index contributed by atoms with van der Waals surface area (Å²) in [5.41, 5.74) is 2.98. The zero-order chi connectivity index (χ0) is 14.4. The predicted octanol–water partition coefficient (Wildman–Crippen LogP) is 3.97. The van der Waals surface area contributed by atoms with Crippen molar-refractivity contribution in [2.45, 2.75) is 6.04 Å². The summed E-state index contributed by atoms with van der Waals surface area (Å²) in [6.45, 7) is 1.47. The maximum Gasteiger partial charge on any atom is 0.152 e. The molecule has 1 aliphatic rings. The molecule has 0 saturated carbocycles. The zero-order valence-corrected chi connectivity index (χ0v) is 14.5. The summed E-state index contributed by atoms with van der Waals surface area (Å²) in [6, 6.07) is 4.23. The number of hydrogen-bond donors (Lipinski definition) is 0. The van der Waals surface area contributed by atoms with Crippen molar-refractivity contribution in [3.05, 3.63) is 35.7 Å². The van der Waals surface area contributed by atoms with Crippen LogP contribution in [-0.4, -0.2) is 32.0 Å². The second-order valence-electron chi connectivity index (χ2n) is 4.82. The quantitative estimate of drug-likeness (QED) is 0.588. The lowest BCUT2D eigenvalue weighted by atomic mass is 10.2. The predicted molar refractivity (Wildman–Crippen MR) is 92.8 cm³/mol. The largest absolute Gasteiger partial charge is 0.377 e. The average Bonchev–Trinajstić information content (AvgIpc) is 3.01. The molecular weight excluding hydrogens is 423 g/mol. The molecule has 0 aliphatic carbocycles. The molecule has 0 amide bonds. The highest BCUT2D eigenvalue weighted by Gasteiger charge is 2.22. The molecule has 8 heteroatoms.